The molecule has 2 heterocycles. The molecule has 2 fully saturated rings. The number of rotatable bonds is 3. The number of carbonyl (C=O) groups is 1. The maximum absolute atomic E-state index is 13.0. The molecule has 0 aromatic carbocycles. The molecular weight excluding hydrogens is 383 g/mol. The molecule has 27 heavy (non-hydrogen) atoms. The maximum Gasteiger partial charge on any atom is 0.400 e. The molecule has 1 amide bonds. The van der Waals surface area contributed by atoms with Crippen molar-refractivity contribution in [2.24, 2.45) is 0 Å². The van der Waals surface area contributed by atoms with Crippen molar-refractivity contribution in [2.45, 2.75) is 68.4 Å². The molecule has 152 valence electrons. The molecule has 0 aromatic heterocycles. The van der Waals surface area contributed by atoms with E-state index in [1.54, 1.807) is 19.9 Å². The highest BCUT2D eigenvalue weighted by Crippen LogP contribution is 2.41. The number of amides is 1. The van der Waals surface area contributed by atoms with Crippen LogP contribution in [0.4, 0.5) is 13.2 Å². The van der Waals surface area contributed by atoms with Crippen LogP contribution >= 0.6 is 0 Å². The van der Waals surface area contributed by atoms with Crippen molar-refractivity contribution in [3.8, 4) is 0 Å². The number of aliphatic hydroxyl groups excluding tert-OH is 1. The summed E-state index contributed by atoms with van der Waals surface area (Å²) in [6, 6.07) is 0. The second-order valence-electron chi connectivity index (χ2n) is 7.80. The maximum atomic E-state index is 13.0. The summed E-state index contributed by atoms with van der Waals surface area (Å²) in [6.07, 6.45) is 0.174. The quantitative estimate of drug-likeness (QED) is 0.730. The summed E-state index contributed by atoms with van der Waals surface area (Å²) in [5.41, 5.74) is -0.253. The standard InChI is InChI=1S/C18H24F3NO4S/c1-16(2)14(23)9-12-10-17(7-6-13(12)26-16,27(25)11-18(19,20)21)22-8-4-3-5-15(22)24/h6-7,10,13-14,23H,3-5,8-9,11H2,1-2H3/t13-,14+,17?,27?/m0/s1. The molecule has 5 nitrogen and oxygen atoms in total. The van der Waals surface area contributed by atoms with E-state index in [4.69, 9.17) is 4.74 Å². The van der Waals surface area contributed by atoms with E-state index in [2.05, 4.69) is 0 Å². The number of hydrogen-bond donors (Lipinski definition) is 1. The normalized spacial score (nSPS) is 34.8. The van der Waals surface area contributed by atoms with Crippen LogP contribution < -0.4 is 0 Å². The average molecular weight is 407 g/mol. The van der Waals surface area contributed by atoms with Gasteiger partial charge in [-0.1, -0.05) is 6.08 Å². The average Bonchev–Trinajstić information content (AvgIpc) is 2.54. The zero-order chi connectivity index (χ0) is 20.0. The van der Waals surface area contributed by atoms with E-state index < -0.39 is 45.4 Å². The number of nitrogens with zero attached hydrogens (tertiary/aromatic N) is 1. The third kappa shape index (κ3) is 4.00. The number of likely N-dealkylation sites (tertiary alicyclic amines) is 1. The summed E-state index contributed by atoms with van der Waals surface area (Å²) in [6.45, 7) is 3.72. The highest BCUT2D eigenvalue weighted by Gasteiger charge is 2.50. The van der Waals surface area contributed by atoms with Gasteiger partial charge in [-0.2, -0.15) is 13.2 Å². The summed E-state index contributed by atoms with van der Waals surface area (Å²) in [7, 11) is -2.42. The van der Waals surface area contributed by atoms with E-state index in [9.17, 15) is 27.3 Å². The fraction of sp³-hybridized carbons (Fsp3) is 0.722. The van der Waals surface area contributed by atoms with Gasteiger partial charge in [-0.3, -0.25) is 9.00 Å². The fourth-order valence-corrected chi connectivity index (χ4v) is 5.26. The van der Waals surface area contributed by atoms with Crippen molar-refractivity contribution in [3.05, 3.63) is 23.8 Å². The zero-order valence-electron chi connectivity index (χ0n) is 15.3. The molecule has 3 aliphatic rings. The Balaban J connectivity index is 2.01. The number of carbonyl (C=O) groups excluding carboxylic acids is 1. The van der Waals surface area contributed by atoms with Crippen molar-refractivity contribution < 1.29 is 32.0 Å². The molecule has 9 heteroatoms. The lowest BCUT2D eigenvalue weighted by atomic mass is 9.84. The second kappa shape index (κ2) is 7.00. The van der Waals surface area contributed by atoms with Gasteiger partial charge in [0.1, 0.15) is 5.75 Å². The van der Waals surface area contributed by atoms with E-state index >= 15 is 0 Å². The number of piperidine rings is 1. The van der Waals surface area contributed by atoms with Crippen LogP contribution in [0.5, 0.6) is 0 Å². The third-order valence-corrected chi connectivity index (χ3v) is 7.13. The lowest BCUT2D eigenvalue weighted by Gasteiger charge is -2.47. The van der Waals surface area contributed by atoms with E-state index in [1.807, 2.05) is 0 Å². The Bertz CT molecular complexity index is 703. The molecule has 0 radical (unpaired) electrons. The van der Waals surface area contributed by atoms with Gasteiger partial charge in [-0.15, -0.1) is 0 Å². The highest BCUT2D eigenvalue weighted by atomic mass is 32.2. The number of ether oxygens (including phenoxy) is 1. The predicted octanol–water partition coefficient (Wildman–Crippen LogP) is 2.43. The lowest BCUT2D eigenvalue weighted by molar-refractivity contribution is -0.138. The first-order valence-corrected chi connectivity index (χ1v) is 10.3. The largest absolute Gasteiger partial charge is 0.400 e. The first kappa shape index (κ1) is 20.5. The van der Waals surface area contributed by atoms with Gasteiger partial charge in [-0.25, -0.2) is 0 Å². The fourth-order valence-electron chi connectivity index (χ4n) is 3.78. The predicted molar refractivity (Wildman–Crippen MR) is 94.2 cm³/mol. The molecule has 4 atom stereocenters. The van der Waals surface area contributed by atoms with E-state index in [-0.39, 0.29) is 25.3 Å². The van der Waals surface area contributed by atoms with Gasteiger partial charge in [0, 0.05) is 19.4 Å². The van der Waals surface area contributed by atoms with Crippen molar-refractivity contribution in [2.75, 3.05) is 12.3 Å². The molecule has 2 aliphatic heterocycles. The Morgan fingerprint density at radius 1 is 1.37 bits per heavy atom. The lowest BCUT2D eigenvalue weighted by Crippen LogP contribution is -2.58. The van der Waals surface area contributed by atoms with Crippen molar-refractivity contribution in [1.29, 1.82) is 0 Å². The molecule has 2 saturated heterocycles. The minimum atomic E-state index is -4.62. The van der Waals surface area contributed by atoms with Crippen LogP contribution in [0.15, 0.2) is 23.8 Å². The van der Waals surface area contributed by atoms with Crippen molar-refractivity contribution >= 4 is 16.7 Å². The summed E-state index contributed by atoms with van der Waals surface area (Å²) >= 11 is 0. The third-order valence-electron chi connectivity index (χ3n) is 5.33. The van der Waals surface area contributed by atoms with Crippen LogP contribution in [0.2, 0.25) is 0 Å². The SMILES string of the molecule is CC1(C)O[C@H]2C=CC(N3CCCCC3=O)(S(=O)CC(F)(F)F)C=C2C[C@H]1O. The summed E-state index contributed by atoms with van der Waals surface area (Å²) in [5.74, 6) is -1.82. The van der Waals surface area contributed by atoms with Crippen LogP contribution in [0, 0.1) is 0 Å². The Labute approximate surface area is 158 Å². The first-order valence-electron chi connectivity index (χ1n) is 8.97. The molecule has 2 unspecified atom stereocenters. The topological polar surface area (TPSA) is 66.8 Å². The minimum Gasteiger partial charge on any atom is -0.390 e. The molecule has 0 saturated carbocycles. The zero-order valence-corrected chi connectivity index (χ0v) is 16.1. The summed E-state index contributed by atoms with van der Waals surface area (Å²) < 4.78 is 57.7. The summed E-state index contributed by atoms with van der Waals surface area (Å²) in [5, 5.41) is 10.3. The van der Waals surface area contributed by atoms with Crippen LogP contribution in [0.25, 0.3) is 0 Å². The van der Waals surface area contributed by atoms with Gasteiger partial charge in [0.2, 0.25) is 5.91 Å². The van der Waals surface area contributed by atoms with E-state index in [0.29, 0.717) is 18.4 Å². The molecule has 0 aromatic rings. The minimum absolute atomic E-state index is 0.189. The smallest absolute Gasteiger partial charge is 0.390 e. The van der Waals surface area contributed by atoms with Gasteiger partial charge in [0.05, 0.1) is 28.6 Å². The Hall–Kier alpha value is -1.19. The highest BCUT2D eigenvalue weighted by molar-refractivity contribution is 7.86. The van der Waals surface area contributed by atoms with E-state index in [0.717, 1.165) is 0 Å². The number of halogens is 3. The number of hydrogen-bond acceptors (Lipinski definition) is 4. The van der Waals surface area contributed by atoms with Crippen LogP contribution in [0.3, 0.4) is 0 Å². The number of alkyl halides is 3. The molecule has 1 aliphatic carbocycles. The second-order valence-corrected chi connectivity index (χ2v) is 9.43. The summed E-state index contributed by atoms with van der Waals surface area (Å²) in [4.78, 5) is 12.1. The number of aliphatic hydroxyl groups is 1. The molecule has 3 rings (SSSR count). The monoisotopic (exact) mass is 407 g/mol. The van der Waals surface area contributed by atoms with E-state index in [1.165, 1.54) is 17.1 Å². The van der Waals surface area contributed by atoms with Crippen LogP contribution in [-0.4, -0.2) is 61.3 Å². The van der Waals surface area contributed by atoms with Crippen LogP contribution in [0.1, 0.15) is 39.5 Å². The van der Waals surface area contributed by atoms with Crippen molar-refractivity contribution in [1.82, 2.24) is 4.90 Å². The van der Waals surface area contributed by atoms with Gasteiger partial charge < -0.3 is 14.7 Å². The Morgan fingerprint density at radius 3 is 2.70 bits per heavy atom. The van der Waals surface area contributed by atoms with Gasteiger partial charge in [0.15, 0.2) is 4.87 Å². The van der Waals surface area contributed by atoms with Crippen molar-refractivity contribution in [3.63, 3.8) is 0 Å². The Morgan fingerprint density at radius 2 is 2.07 bits per heavy atom. The number of fused-ring (bicyclic) bond motifs is 1. The molecule has 1 N–H and O–H groups in total. The molecule has 0 spiro atoms. The Kier molecular flexibility index (Phi) is 5.33. The van der Waals surface area contributed by atoms with Gasteiger partial charge in [0.25, 0.3) is 0 Å². The molecule has 0 bridgehead atoms. The first-order chi connectivity index (χ1) is 12.4. The molecular formula is C18H24F3NO4S. The van der Waals surface area contributed by atoms with Gasteiger partial charge >= 0.3 is 6.18 Å². The van der Waals surface area contributed by atoms with Crippen LogP contribution in [-0.2, 0) is 20.3 Å². The van der Waals surface area contributed by atoms with Gasteiger partial charge in [-0.05, 0) is 44.4 Å².